The third kappa shape index (κ3) is 4.76. The molecule has 3 N–H and O–H groups in total. The smallest absolute Gasteiger partial charge is 0.388 e. The Labute approximate surface area is 129 Å². The van der Waals surface area contributed by atoms with Crippen LogP contribution in [0.15, 0.2) is 4.99 Å². The number of alkyl halides is 3. The van der Waals surface area contributed by atoms with Gasteiger partial charge in [-0.3, -0.25) is 4.99 Å². The molecule has 0 aromatic rings. The lowest BCUT2D eigenvalue weighted by atomic mass is 9.85. The van der Waals surface area contributed by atoms with E-state index in [4.69, 9.17) is 0 Å². The molecule has 0 unspecified atom stereocenters. The van der Waals surface area contributed by atoms with Gasteiger partial charge in [-0.2, -0.15) is 13.2 Å². The lowest BCUT2D eigenvalue weighted by Gasteiger charge is -2.32. The fourth-order valence-electron chi connectivity index (χ4n) is 3.41. The molecule has 0 bridgehead atoms. The van der Waals surface area contributed by atoms with E-state index in [9.17, 15) is 18.3 Å². The Balaban J connectivity index is 1.75. The van der Waals surface area contributed by atoms with Gasteiger partial charge in [-0.25, -0.2) is 0 Å². The van der Waals surface area contributed by atoms with Gasteiger partial charge in [-0.1, -0.05) is 12.8 Å². The van der Waals surface area contributed by atoms with Gasteiger partial charge in [-0.05, 0) is 38.5 Å². The standard InChI is InChI=1S/C15H26F3N3O/c1-19-13(20-10-14(22)8-2-3-9-14)21-12-6-4-11(5-7-12)15(16,17)18/h11-12,22H,2-10H2,1H3,(H2,19,20,21). The lowest BCUT2D eigenvalue weighted by Crippen LogP contribution is -2.49. The van der Waals surface area contributed by atoms with Crippen molar-refractivity contribution in [1.29, 1.82) is 0 Å². The quantitative estimate of drug-likeness (QED) is 0.553. The van der Waals surface area contributed by atoms with Crippen molar-refractivity contribution in [3.8, 4) is 0 Å². The van der Waals surface area contributed by atoms with E-state index in [1.54, 1.807) is 7.05 Å². The summed E-state index contributed by atoms with van der Waals surface area (Å²) in [6.07, 6.45) is 0.893. The monoisotopic (exact) mass is 321 g/mol. The Morgan fingerprint density at radius 3 is 2.27 bits per heavy atom. The van der Waals surface area contributed by atoms with Crippen molar-refractivity contribution in [3.05, 3.63) is 0 Å². The first kappa shape index (κ1) is 17.4. The molecule has 0 aromatic heterocycles. The molecule has 22 heavy (non-hydrogen) atoms. The molecule has 2 aliphatic rings. The normalized spacial score (nSPS) is 29.4. The Bertz CT molecular complexity index is 384. The van der Waals surface area contributed by atoms with E-state index in [2.05, 4.69) is 15.6 Å². The highest BCUT2D eigenvalue weighted by Gasteiger charge is 2.41. The largest absolute Gasteiger partial charge is 0.391 e. The van der Waals surface area contributed by atoms with Crippen LogP contribution < -0.4 is 10.6 Å². The second-order valence-electron chi connectivity index (χ2n) is 6.59. The molecule has 2 fully saturated rings. The summed E-state index contributed by atoms with van der Waals surface area (Å²) in [5, 5.41) is 16.6. The second-order valence-corrected chi connectivity index (χ2v) is 6.59. The van der Waals surface area contributed by atoms with Crippen molar-refractivity contribution in [2.75, 3.05) is 13.6 Å². The van der Waals surface area contributed by atoms with Crippen LogP contribution in [0.25, 0.3) is 0 Å². The van der Waals surface area contributed by atoms with Crippen molar-refractivity contribution in [2.45, 2.75) is 69.2 Å². The minimum absolute atomic E-state index is 0.0167. The third-order valence-electron chi connectivity index (χ3n) is 4.87. The number of nitrogens with one attached hydrogen (secondary N) is 2. The van der Waals surface area contributed by atoms with Crippen molar-refractivity contribution in [2.24, 2.45) is 10.9 Å². The zero-order chi connectivity index (χ0) is 16.2. The maximum atomic E-state index is 12.6. The van der Waals surface area contributed by atoms with Gasteiger partial charge in [0.15, 0.2) is 5.96 Å². The first-order chi connectivity index (χ1) is 10.3. The number of nitrogens with zero attached hydrogens (tertiary/aromatic N) is 1. The van der Waals surface area contributed by atoms with Gasteiger partial charge in [0.25, 0.3) is 0 Å². The summed E-state index contributed by atoms with van der Waals surface area (Å²) in [6.45, 7) is 0.435. The summed E-state index contributed by atoms with van der Waals surface area (Å²) < 4.78 is 37.9. The fourth-order valence-corrected chi connectivity index (χ4v) is 3.41. The van der Waals surface area contributed by atoms with Crippen LogP contribution in [0.5, 0.6) is 0 Å². The van der Waals surface area contributed by atoms with Crippen LogP contribution in [-0.2, 0) is 0 Å². The Hall–Kier alpha value is -0.980. The average molecular weight is 321 g/mol. The van der Waals surface area contributed by atoms with Crippen molar-refractivity contribution >= 4 is 5.96 Å². The molecule has 4 nitrogen and oxygen atoms in total. The molecule has 0 saturated heterocycles. The molecule has 0 atom stereocenters. The summed E-state index contributed by atoms with van der Waals surface area (Å²) in [7, 11) is 1.63. The Kier molecular flexibility index (Phi) is 5.58. The third-order valence-corrected chi connectivity index (χ3v) is 4.87. The van der Waals surface area contributed by atoms with E-state index in [1.165, 1.54) is 0 Å². The topological polar surface area (TPSA) is 56.7 Å². The van der Waals surface area contributed by atoms with Gasteiger partial charge >= 0.3 is 6.18 Å². The fraction of sp³-hybridized carbons (Fsp3) is 0.933. The second kappa shape index (κ2) is 7.06. The number of halogens is 3. The predicted molar refractivity (Wildman–Crippen MR) is 79.7 cm³/mol. The molecule has 0 radical (unpaired) electrons. The number of guanidine groups is 1. The van der Waals surface area contributed by atoms with Crippen LogP contribution >= 0.6 is 0 Å². The molecule has 2 rings (SSSR count). The van der Waals surface area contributed by atoms with E-state index in [-0.39, 0.29) is 18.9 Å². The number of rotatable bonds is 3. The number of hydrogen-bond acceptors (Lipinski definition) is 2. The van der Waals surface area contributed by atoms with Gasteiger partial charge in [0.2, 0.25) is 0 Å². The zero-order valence-corrected chi connectivity index (χ0v) is 13.0. The van der Waals surface area contributed by atoms with Crippen molar-refractivity contribution in [1.82, 2.24) is 10.6 Å². The van der Waals surface area contributed by atoms with Gasteiger partial charge in [0.1, 0.15) is 0 Å². The maximum Gasteiger partial charge on any atom is 0.391 e. The highest BCUT2D eigenvalue weighted by Crippen LogP contribution is 2.37. The molecule has 0 amide bonds. The molecule has 2 saturated carbocycles. The minimum atomic E-state index is -4.07. The van der Waals surface area contributed by atoms with Crippen LogP contribution in [0.2, 0.25) is 0 Å². The molecular formula is C15H26F3N3O. The molecule has 0 heterocycles. The first-order valence-electron chi connectivity index (χ1n) is 8.09. The summed E-state index contributed by atoms with van der Waals surface area (Å²) in [5.41, 5.74) is -0.675. The zero-order valence-electron chi connectivity index (χ0n) is 13.0. The van der Waals surface area contributed by atoms with Crippen LogP contribution in [0.4, 0.5) is 13.2 Å². The molecule has 0 aliphatic heterocycles. The highest BCUT2D eigenvalue weighted by atomic mass is 19.4. The predicted octanol–water partition coefficient (Wildman–Crippen LogP) is 2.58. The number of aliphatic hydroxyl groups is 1. The lowest BCUT2D eigenvalue weighted by molar-refractivity contribution is -0.182. The number of hydrogen-bond donors (Lipinski definition) is 3. The van der Waals surface area contributed by atoms with Gasteiger partial charge in [0, 0.05) is 19.6 Å². The Morgan fingerprint density at radius 2 is 1.77 bits per heavy atom. The van der Waals surface area contributed by atoms with E-state index in [0.29, 0.717) is 25.3 Å². The van der Waals surface area contributed by atoms with Crippen molar-refractivity contribution < 1.29 is 18.3 Å². The van der Waals surface area contributed by atoms with Crippen LogP contribution in [0.3, 0.4) is 0 Å². The van der Waals surface area contributed by atoms with Gasteiger partial charge < -0.3 is 15.7 Å². The van der Waals surface area contributed by atoms with Crippen LogP contribution in [-0.4, -0.2) is 42.5 Å². The van der Waals surface area contributed by atoms with E-state index >= 15 is 0 Å². The Morgan fingerprint density at radius 1 is 1.18 bits per heavy atom. The van der Waals surface area contributed by atoms with E-state index in [1.807, 2.05) is 0 Å². The van der Waals surface area contributed by atoms with E-state index in [0.717, 1.165) is 25.7 Å². The van der Waals surface area contributed by atoms with Gasteiger partial charge in [-0.15, -0.1) is 0 Å². The summed E-state index contributed by atoms with van der Waals surface area (Å²) in [5.74, 6) is -0.601. The summed E-state index contributed by atoms with van der Waals surface area (Å²) >= 11 is 0. The summed E-state index contributed by atoms with van der Waals surface area (Å²) in [6, 6.07) is 0.0167. The van der Waals surface area contributed by atoms with E-state index < -0.39 is 17.7 Å². The van der Waals surface area contributed by atoms with Gasteiger partial charge in [0.05, 0.1) is 11.5 Å². The average Bonchev–Trinajstić information content (AvgIpc) is 2.90. The molecular weight excluding hydrogens is 295 g/mol. The SMILES string of the molecule is CN=C(NCC1(O)CCCC1)NC1CCC(C(F)(F)F)CC1. The van der Waals surface area contributed by atoms with Crippen LogP contribution in [0.1, 0.15) is 51.4 Å². The van der Waals surface area contributed by atoms with Crippen molar-refractivity contribution in [3.63, 3.8) is 0 Å². The first-order valence-corrected chi connectivity index (χ1v) is 8.09. The minimum Gasteiger partial charge on any atom is -0.388 e. The molecule has 128 valence electrons. The highest BCUT2D eigenvalue weighted by molar-refractivity contribution is 5.80. The number of aliphatic imine (C=N–C) groups is 1. The molecule has 0 aromatic carbocycles. The molecule has 0 spiro atoms. The van der Waals surface area contributed by atoms with Crippen LogP contribution in [0, 0.1) is 5.92 Å². The molecule has 2 aliphatic carbocycles. The molecule has 7 heteroatoms. The maximum absolute atomic E-state index is 12.6. The summed E-state index contributed by atoms with van der Waals surface area (Å²) in [4.78, 5) is 4.10.